The highest BCUT2D eigenvalue weighted by Gasteiger charge is 2.78. The Morgan fingerprint density at radius 3 is 2.10 bits per heavy atom. The first-order valence-corrected chi connectivity index (χ1v) is 24.0. The summed E-state index contributed by atoms with van der Waals surface area (Å²) in [5.41, 5.74) is -6.03. The second-order valence-corrected chi connectivity index (χ2v) is 19.6. The number of benzene rings is 3. The van der Waals surface area contributed by atoms with E-state index in [1.165, 1.54) is 19.1 Å². The van der Waals surface area contributed by atoms with Gasteiger partial charge in [0.25, 0.3) is 0 Å². The summed E-state index contributed by atoms with van der Waals surface area (Å²) in [4.78, 5) is 82.6. The number of Topliss-reactive ketones (excluding diaryl/α,β-unsaturated/α-hetero) is 1. The van der Waals surface area contributed by atoms with E-state index in [-0.39, 0.29) is 68.6 Å². The maximum atomic E-state index is 15.1. The van der Waals surface area contributed by atoms with Crippen LogP contribution in [-0.4, -0.2) is 132 Å². The minimum absolute atomic E-state index is 0.0140. The summed E-state index contributed by atoms with van der Waals surface area (Å²) in [6.07, 6.45) is -9.50. The molecule has 17 nitrogen and oxygen atoms in total. The molecule has 4 aliphatic rings. The first-order chi connectivity index (χ1) is 33.8. The van der Waals surface area contributed by atoms with Gasteiger partial charge in [-0.1, -0.05) is 99.6 Å². The maximum absolute atomic E-state index is 15.1. The summed E-state index contributed by atoms with van der Waals surface area (Å²) in [5.74, 6) is -7.21. The standard InChI is InChI=1S/C54H64O17/c1-32(36-19-12-8-13-20-36)45(69-42(58)30-65-26-25-64-24-16-23-41(57)66-29-35-17-10-7-11-18-35)50(62)68-38-28-54(63)48(70-49(61)37-21-14-9-15-22-37)46-52(6,47(60)44(59)43(33(38)2)51(54,4)5)39(56)27-40-53(46,31-67-40)71-34(3)55/h7-15,17-22,32,38-40,44-46,48,56,59,63H,16,23-31H2,1-6H3/t32?,38?,39?,40?,44?,45?,46?,48?,52?,53-,54-/m0/s1. The van der Waals surface area contributed by atoms with Gasteiger partial charge in [0.2, 0.25) is 6.10 Å². The topological polar surface area (TPSA) is 237 Å². The molecule has 1 aliphatic heterocycles. The second kappa shape index (κ2) is 21.9. The fourth-order valence-corrected chi connectivity index (χ4v) is 10.9. The van der Waals surface area contributed by atoms with Crippen molar-refractivity contribution >= 4 is 35.6 Å². The van der Waals surface area contributed by atoms with E-state index in [9.17, 15) is 39.3 Å². The van der Waals surface area contributed by atoms with E-state index in [2.05, 4.69) is 0 Å². The molecular formula is C54H64O17. The maximum Gasteiger partial charge on any atom is 0.348 e. The molecule has 17 heteroatoms. The smallest absolute Gasteiger partial charge is 0.348 e. The van der Waals surface area contributed by atoms with Crippen LogP contribution in [-0.2, 0) is 68.5 Å². The van der Waals surface area contributed by atoms with Crippen LogP contribution in [0.1, 0.15) is 94.6 Å². The van der Waals surface area contributed by atoms with E-state index in [1.54, 1.807) is 76.2 Å². The number of esters is 5. The molecule has 2 saturated carbocycles. The van der Waals surface area contributed by atoms with Gasteiger partial charge in [0, 0.05) is 44.1 Å². The Hall–Kier alpha value is -5.82. The molecule has 3 aromatic carbocycles. The number of ketones is 1. The van der Waals surface area contributed by atoms with Crippen molar-refractivity contribution in [2.75, 3.05) is 33.0 Å². The van der Waals surface area contributed by atoms with Gasteiger partial charge in [0.1, 0.15) is 43.2 Å². The van der Waals surface area contributed by atoms with E-state index in [0.29, 0.717) is 12.0 Å². The van der Waals surface area contributed by atoms with Crippen LogP contribution in [0, 0.1) is 16.7 Å². The molecule has 2 bridgehead atoms. The van der Waals surface area contributed by atoms with Gasteiger partial charge in [-0.05, 0) is 54.7 Å². The van der Waals surface area contributed by atoms with Crippen LogP contribution in [0.25, 0.3) is 0 Å². The molecule has 1 heterocycles. The van der Waals surface area contributed by atoms with Crippen molar-refractivity contribution in [3.8, 4) is 0 Å². The second-order valence-electron chi connectivity index (χ2n) is 19.6. The Labute approximate surface area is 412 Å². The third-order valence-corrected chi connectivity index (χ3v) is 15.0. The molecule has 3 aliphatic carbocycles. The monoisotopic (exact) mass is 984 g/mol. The number of carbonyl (C=O) groups excluding carboxylic acids is 6. The molecule has 9 unspecified atom stereocenters. The fraction of sp³-hybridized carbons (Fsp3) is 0.519. The number of rotatable bonds is 19. The third-order valence-electron chi connectivity index (χ3n) is 15.0. The molecule has 3 N–H and O–H groups in total. The summed E-state index contributed by atoms with van der Waals surface area (Å²) in [6, 6.07) is 26.0. The summed E-state index contributed by atoms with van der Waals surface area (Å²) >= 11 is 0. The summed E-state index contributed by atoms with van der Waals surface area (Å²) < 4.78 is 46.7. The number of aliphatic hydroxyl groups is 3. The Kier molecular flexibility index (Phi) is 16.3. The third kappa shape index (κ3) is 10.6. The van der Waals surface area contributed by atoms with Crippen LogP contribution >= 0.6 is 0 Å². The van der Waals surface area contributed by atoms with Crippen LogP contribution < -0.4 is 0 Å². The van der Waals surface area contributed by atoms with E-state index in [4.69, 9.17) is 37.9 Å². The van der Waals surface area contributed by atoms with Crippen LogP contribution in [0.5, 0.6) is 0 Å². The predicted octanol–water partition coefficient (Wildman–Crippen LogP) is 4.91. The average molecular weight is 985 g/mol. The number of carbonyl (C=O) groups is 6. The molecule has 11 atom stereocenters. The predicted molar refractivity (Wildman–Crippen MR) is 251 cm³/mol. The molecule has 1 saturated heterocycles. The Balaban J connectivity index is 1.12. The van der Waals surface area contributed by atoms with Crippen LogP contribution in [0.3, 0.4) is 0 Å². The van der Waals surface area contributed by atoms with E-state index >= 15 is 4.79 Å². The highest BCUT2D eigenvalue weighted by atomic mass is 16.6. The molecular weight excluding hydrogens is 921 g/mol. The molecule has 3 fully saturated rings. The first kappa shape index (κ1) is 53.0. The molecule has 0 amide bonds. The molecule has 71 heavy (non-hydrogen) atoms. The lowest BCUT2D eigenvalue weighted by atomic mass is 9.44. The Morgan fingerprint density at radius 1 is 0.831 bits per heavy atom. The van der Waals surface area contributed by atoms with Crippen molar-refractivity contribution in [1.29, 1.82) is 0 Å². The number of fused-ring (bicyclic) bond motifs is 5. The van der Waals surface area contributed by atoms with Crippen molar-refractivity contribution < 1.29 is 82.0 Å². The first-order valence-electron chi connectivity index (χ1n) is 24.0. The van der Waals surface area contributed by atoms with Gasteiger partial charge in [0.15, 0.2) is 11.4 Å². The average Bonchev–Trinajstić information content (AvgIpc) is 3.35. The van der Waals surface area contributed by atoms with E-state index in [0.717, 1.165) is 12.5 Å². The SMILES string of the molecule is CC(=O)O[C@@]12COC1CC(O)C1(C)C(=O)C(O)C3=C(C)C(OC(=O)C(OC(=O)COCCOCCCC(=O)OCc4ccccc4)C(C)c4ccccc4)C[C@](O)(C(OC(=O)c4ccccc4)C12)C3(C)C. The van der Waals surface area contributed by atoms with Crippen molar-refractivity contribution in [2.24, 2.45) is 16.7 Å². The number of ether oxygens (including phenoxy) is 8. The Morgan fingerprint density at radius 2 is 1.46 bits per heavy atom. The van der Waals surface area contributed by atoms with Crippen molar-refractivity contribution in [3.05, 3.63) is 119 Å². The summed E-state index contributed by atoms with van der Waals surface area (Å²) in [6.45, 7) is 8.54. The van der Waals surface area contributed by atoms with Gasteiger partial charge in [-0.15, -0.1) is 0 Å². The zero-order valence-corrected chi connectivity index (χ0v) is 40.9. The highest BCUT2D eigenvalue weighted by Crippen LogP contribution is 2.64. The van der Waals surface area contributed by atoms with Crippen molar-refractivity contribution in [3.63, 3.8) is 0 Å². The minimum atomic E-state index is -2.35. The van der Waals surface area contributed by atoms with Crippen LogP contribution in [0.15, 0.2) is 102 Å². The largest absolute Gasteiger partial charge is 0.461 e. The fourth-order valence-electron chi connectivity index (χ4n) is 10.9. The summed E-state index contributed by atoms with van der Waals surface area (Å²) in [7, 11) is 0. The molecule has 0 aromatic heterocycles. The minimum Gasteiger partial charge on any atom is -0.461 e. The van der Waals surface area contributed by atoms with E-state index < -0.39 is 113 Å². The molecule has 0 radical (unpaired) electrons. The highest BCUT2D eigenvalue weighted by molar-refractivity contribution is 5.94. The Bertz CT molecular complexity index is 2440. The normalized spacial score (nSPS) is 29.3. The van der Waals surface area contributed by atoms with Crippen LogP contribution in [0.2, 0.25) is 0 Å². The molecule has 3 aromatic rings. The molecule has 7 rings (SSSR count). The zero-order valence-electron chi connectivity index (χ0n) is 40.9. The van der Waals surface area contributed by atoms with Crippen molar-refractivity contribution in [1.82, 2.24) is 0 Å². The van der Waals surface area contributed by atoms with Crippen molar-refractivity contribution in [2.45, 2.75) is 128 Å². The number of aliphatic hydroxyl groups excluding tert-OH is 2. The number of hydrogen-bond donors (Lipinski definition) is 3. The molecule has 382 valence electrons. The van der Waals surface area contributed by atoms with Gasteiger partial charge in [-0.3, -0.25) is 14.4 Å². The van der Waals surface area contributed by atoms with Crippen LogP contribution in [0.4, 0.5) is 0 Å². The van der Waals surface area contributed by atoms with Gasteiger partial charge in [0.05, 0.1) is 42.8 Å². The van der Waals surface area contributed by atoms with Gasteiger partial charge in [-0.25, -0.2) is 14.4 Å². The summed E-state index contributed by atoms with van der Waals surface area (Å²) in [5, 5.41) is 37.9. The lowest BCUT2D eigenvalue weighted by molar-refractivity contribution is -0.346. The van der Waals surface area contributed by atoms with Gasteiger partial charge < -0.3 is 53.2 Å². The quantitative estimate of drug-likeness (QED) is 0.0627. The van der Waals surface area contributed by atoms with E-state index in [1.807, 2.05) is 30.3 Å². The zero-order chi connectivity index (χ0) is 51.3. The lowest BCUT2D eigenvalue weighted by Gasteiger charge is -2.67. The number of hydrogen-bond acceptors (Lipinski definition) is 17. The lowest BCUT2D eigenvalue weighted by Crippen LogP contribution is -2.81. The van der Waals surface area contributed by atoms with Gasteiger partial charge >= 0.3 is 29.8 Å². The van der Waals surface area contributed by atoms with Gasteiger partial charge in [-0.2, -0.15) is 0 Å². The molecule has 0 spiro atoms.